The lowest BCUT2D eigenvalue weighted by atomic mass is 10.1. The van der Waals surface area contributed by atoms with Gasteiger partial charge in [-0.15, -0.1) is 12.4 Å². The minimum absolute atomic E-state index is 0. The molecule has 0 aliphatic carbocycles. The first-order valence-corrected chi connectivity index (χ1v) is 6.33. The van der Waals surface area contributed by atoms with Crippen LogP contribution >= 0.6 is 12.4 Å². The number of aromatic nitrogens is 1. The van der Waals surface area contributed by atoms with E-state index in [-0.39, 0.29) is 29.4 Å². The van der Waals surface area contributed by atoms with Gasteiger partial charge in [0.2, 0.25) is 0 Å². The Bertz CT molecular complexity index is 640. The van der Waals surface area contributed by atoms with Crippen molar-refractivity contribution in [3.63, 3.8) is 0 Å². The smallest absolute Gasteiger partial charge is 0.261 e. The molecule has 0 spiro atoms. The number of carbonyl (C=O) groups is 1. The lowest BCUT2D eigenvalue weighted by molar-refractivity contribution is 0.0952. The maximum atomic E-state index is 11.9. The van der Waals surface area contributed by atoms with Gasteiger partial charge in [0.05, 0.1) is 0 Å². The second-order valence-corrected chi connectivity index (χ2v) is 4.21. The number of aromatic amines is 1. The molecule has 0 aliphatic heterocycles. The number of halogens is 1. The summed E-state index contributed by atoms with van der Waals surface area (Å²) in [6.07, 6.45) is 0. The van der Waals surface area contributed by atoms with Gasteiger partial charge < -0.3 is 15.6 Å². The Hall–Kier alpha value is -1.85. The number of hydrogen-bond donors (Lipinski definition) is 3. The molecule has 0 saturated heterocycles. The van der Waals surface area contributed by atoms with Gasteiger partial charge in [0.1, 0.15) is 5.56 Å². The van der Waals surface area contributed by atoms with Crippen LogP contribution in [0.1, 0.15) is 17.3 Å². The highest BCUT2D eigenvalue weighted by atomic mass is 35.5. The van der Waals surface area contributed by atoms with Gasteiger partial charge >= 0.3 is 0 Å². The lowest BCUT2D eigenvalue weighted by Crippen LogP contribution is -2.34. The van der Waals surface area contributed by atoms with Crippen molar-refractivity contribution in [2.45, 2.75) is 6.92 Å². The van der Waals surface area contributed by atoms with E-state index < -0.39 is 0 Å². The van der Waals surface area contributed by atoms with E-state index in [0.29, 0.717) is 13.1 Å². The van der Waals surface area contributed by atoms with Gasteiger partial charge in [-0.25, -0.2) is 0 Å². The predicted octanol–water partition coefficient (Wildman–Crippen LogP) is 1.29. The quantitative estimate of drug-likeness (QED) is 0.728. The van der Waals surface area contributed by atoms with Gasteiger partial charge in [-0.05, 0) is 24.1 Å². The third-order valence-electron chi connectivity index (χ3n) is 2.84. The van der Waals surface area contributed by atoms with E-state index in [2.05, 4.69) is 15.6 Å². The molecule has 108 valence electrons. The highest BCUT2D eigenvalue weighted by Crippen LogP contribution is 2.09. The van der Waals surface area contributed by atoms with Crippen molar-refractivity contribution in [1.29, 1.82) is 0 Å². The van der Waals surface area contributed by atoms with E-state index >= 15 is 0 Å². The number of carbonyl (C=O) groups excluding carboxylic acids is 1. The van der Waals surface area contributed by atoms with Gasteiger partial charge in [0, 0.05) is 18.6 Å². The summed E-state index contributed by atoms with van der Waals surface area (Å²) in [5.74, 6) is -0.343. The molecule has 6 heteroatoms. The molecule has 5 nitrogen and oxygen atoms in total. The molecule has 1 amide bonds. The minimum atomic E-state index is -0.361. The van der Waals surface area contributed by atoms with Crippen molar-refractivity contribution in [1.82, 2.24) is 15.6 Å². The fourth-order valence-electron chi connectivity index (χ4n) is 1.85. The number of hydrogen-bond acceptors (Lipinski definition) is 3. The van der Waals surface area contributed by atoms with Crippen molar-refractivity contribution in [3.8, 4) is 0 Å². The zero-order valence-corrected chi connectivity index (χ0v) is 12.0. The van der Waals surface area contributed by atoms with E-state index in [9.17, 15) is 9.59 Å². The lowest BCUT2D eigenvalue weighted by Gasteiger charge is -2.06. The van der Waals surface area contributed by atoms with Gasteiger partial charge in [-0.3, -0.25) is 9.59 Å². The molecule has 1 aromatic heterocycles. The number of benzene rings is 1. The Labute approximate surface area is 123 Å². The topological polar surface area (TPSA) is 74.0 Å². The first-order chi connectivity index (χ1) is 9.22. The molecule has 2 rings (SSSR count). The first-order valence-electron chi connectivity index (χ1n) is 6.33. The molecular formula is C14H18ClN3O2. The molecule has 0 bridgehead atoms. The highest BCUT2D eigenvalue weighted by Gasteiger charge is 2.10. The number of rotatable bonds is 5. The number of likely N-dealkylation sites (N-methyl/N-ethyl adjacent to an activating group) is 1. The number of nitrogens with one attached hydrogen (secondary N) is 3. The Morgan fingerprint density at radius 1 is 1.25 bits per heavy atom. The molecule has 0 radical (unpaired) electrons. The number of amides is 1. The second-order valence-electron chi connectivity index (χ2n) is 4.21. The number of pyridine rings is 1. The van der Waals surface area contributed by atoms with Crippen LogP contribution in [0.3, 0.4) is 0 Å². The molecule has 1 heterocycles. The number of H-pyrrole nitrogens is 1. The molecule has 1 aromatic carbocycles. The summed E-state index contributed by atoms with van der Waals surface area (Å²) in [4.78, 5) is 26.5. The van der Waals surface area contributed by atoms with Crippen molar-refractivity contribution in [2.75, 3.05) is 19.6 Å². The van der Waals surface area contributed by atoms with Crippen molar-refractivity contribution >= 4 is 29.2 Å². The zero-order chi connectivity index (χ0) is 13.7. The highest BCUT2D eigenvalue weighted by molar-refractivity contribution is 5.97. The zero-order valence-electron chi connectivity index (χ0n) is 11.2. The predicted molar refractivity (Wildman–Crippen MR) is 82.7 cm³/mol. The maximum Gasteiger partial charge on any atom is 0.261 e. The van der Waals surface area contributed by atoms with Crippen LogP contribution in [0.25, 0.3) is 10.9 Å². The van der Waals surface area contributed by atoms with Crippen LogP contribution in [0.4, 0.5) is 0 Å². The standard InChI is InChI=1S/C14H17N3O2.ClH/c1-2-15-7-8-16-13(18)11-9-10-5-3-4-6-12(10)17-14(11)19;/h3-6,9,15H,2,7-8H2,1H3,(H,16,18)(H,17,19);1H. The molecule has 20 heavy (non-hydrogen) atoms. The molecular weight excluding hydrogens is 278 g/mol. The molecule has 0 unspecified atom stereocenters. The maximum absolute atomic E-state index is 11.9. The number of para-hydroxylation sites is 1. The largest absolute Gasteiger partial charge is 0.351 e. The van der Waals surface area contributed by atoms with Crippen LogP contribution in [-0.4, -0.2) is 30.5 Å². The van der Waals surface area contributed by atoms with Gasteiger partial charge in [0.25, 0.3) is 11.5 Å². The summed E-state index contributed by atoms with van der Waals surface area (Å²) in [6, 6.07) is 9.00. The second kappa shape index (κ2) is 7.67. The van der Waals surface area contributed by atoms with Crippen molar-refractivity contribution < 1.29 is 4.79 Å². The first kappa shape index (κ1) is 16.2. The fourth-order valence-corrected chi connectivity index (χ4v) is 1.85. The summed E-state index contributed by atoms with van der Waals surface area (Å²) in [5, 5.41) is 6.66. The Balaban J connectivity index is 0.00000200. The number of fused-ring (bicyclic) bond motifs is 1. The van der Waals surface area contributed by atoms with E-state index in [0.717, 1.165) is 17.4 Å². The molecule has 0 atom stereocenters. The summed E-state index contributed by atoms with van der Waals surface area (Å²) in [7, 11) is 0. The normalized spacial score (nSPS) is 10.1. The van der Waals surface area contributed by atoms with E-state index in [1.54, 1.807) is 6.07 Å². The molecule has 2 aromatic rings. The van der Waals surface area contributed by atoms with Crippen LogP contribution in [0.15, 0.2) is 35.1 Å². The Morgan fingerprint density at radius 2 is 2.00 bits per heavy atom. The van der Waals surface area contributed by atoms with E-state index in [1.165, 1.54) is 0 Å². The van der Waals surface area contributed by atoms with Gasteiger partial charge in [-0.2, -0.15) is 0 Å². The van der Waals surface area contributed by atoms with Crippen molar-refractivity contribution in [2.24, 2.45) is 0 Å². The monoisotopic (exact) mass is 295 g/mol. The Kier molecular flexibility index (Phi) is 6.21. The molecule has 0 fully saturated rings. The SMILES string of the molecule is CCNCCNC(=O)c1cc2ccccc2[nH]c1=O.Cl. The van der Waals surface area contributed by atoms with Crippen LogP contribution < -0.4 is 16.2 Å². The average molecular weight is 296 g/mol. The Morgan fingerprint density at radius 3 is 2.75 bits per heavy atom. The minimum Gasteiger partial charge on any atom is -0.351 e. The summed E-state index contributed by atoms with van der Waals surface area (Å²) < 4.78 is 0. The summed E-state index contributed by atoms with van der Waals surface area (Å²) in [6.45, 7) is 4.04. The van der Waals surface area contributed by atoms with Crippen LogP contribution in [0, 0.1) is 0 Å². The summed E-state index contributed by atoms with van der Waals surface area (Å²) in [5.41, 5.74) is 0.520. The van der Waals surface area contributed by atoms with E-state index in [4.69, 9.17) is 0 Å². The molecule has 0 saturated carbocycles. The van der Waals surface area contributed by atoms with Crippen molar-refractivity contribution in [3.05, 3.63) is 46.2 Å². The van der Waals surface area contributed by atoms with Crippen LogP contribution in [0.5, 0.6) is 0 Å². The average Bonchev–Trinajstić information content (AvgIpc) is 2.42. The molecule has 0 aliphatic rings. The van der Waals surface area contributed by atoms with E-state index in [1.807, 2.05) is 31.2 Å². The third-order valence-corrected chi connectivity index (χ3v) is 2.84. The van der Waals surface area contributed by atoms with Gasteiger partial charge in [-0.1, -0.05) is 25.1 Å². The van der Waals surface area contributed by atoms with Gasteiger partial charge in [0.15, 0.2) is 0 Å². The van der Waals surface area contributed by atoms with Crippen LogP contribution in [0.2, 0.25) is 0 Å². The molecule has 3 N–H and O–H groups in total. The van der Waals surface area contributed by atoms with Crippen LogP contribution in [-0.2, 0) is 0 Å². The third kappa shape index (κ3) is 3.82. The fraction of sp³-hybridized carbons (Fsp3) is 0.286. The summed E-state index contributed by atoms with van der Waals surface area (Å²) >= 11 is 0.